The minimum Gasteiger partial charge on any atom is -0.420 e. The van der Waals surface area contributed by atoms with Crippen molar-refractivity contribution in [1.29, 1.82) is 5.26 Å². The van der Waals surface area contributed by atoms with Gasteiger partial charge in [-0.2, -0.15) is 5.26 Å². The second kappa shape index (κ2) is 3.58. The van der Waals surface area contributed by atoms with Gasteiger partial charge < -0.3 is 4.74 Å². The van der Waals surface area contributed by atoms with Gasteiger partial charge in [0.1, 0.15) is 5.75 Å². The van der Waals surface area contributed by atoms with E-state index in [0.717, 1.165) is 0 Å². The Labute approximate surface area is 78.3 Å². The van der Waals surface area contributed by atoms with Gasteiger partial charge in [0, 0.05) is 11.6 Å². The number of ether oxygens (including phenoxy) is 1. The zero-order valence-electron chi connectivity index (χ0n) is 6.30. The molecule has 1 aromatic carbocycles. The van der Waals surface area contributed by atoms with E-state index in [1.807, 2.05) is 0 Å². The predicted octanol–water partition coefficient (Wildman–Crippen LogP) is 2.73. The highest BCUT2D eigenvalue weighted by Gasteiger charge is 2.27. The van der Waals surface area contributed by atoms with Gasteiger partial charge in [-0.25, -0.2) is 0 Å². The number of benzene rings is 1. The molecule has 0 saturated heterocycles. The number of hydrogen-bond donors (Lipinski definition) is 0. The highest BCUT2D eigenvalue weighted by Crippen LogP contribution is 2.25. The third-order valence-electron chi connectivity index (χ3n) is 1.20. The smallest absolute Gasteiger partial charge is 0.420 e. The van der Waals surface area contributed by atoms with E-state index in [9.17, 15) is 8.78 Å². The molecule has 68 valence electrons. The summed E-state index contributed by atoms with van der Waals surface area (Å²) < 4.78 is 28.2. The molecule has 0 bridgehead atoms. The lowest BCUT2D eigenvalue weighted by Crippen LogP contribution is -2.15. The molecule has 1 aromatic rings. The molecule has 2 nitrogen and oxygen atoms in total. The lowest BCUT2D eigenvalue weighted by Gasteiger charge is -2.09. The summed E-state index contributed by atoms with van der Waals surface area (Å²) in [6.07, 6.45) is 0. The van der Waals surface area contributed by atoms with E-state index in [4.69, 9.17) is 5.26 Å². The Kier molecular flexibility index (Phi) is 2.69. The van der Waals surface area contributed by atoms with Crippen molar-refractivity contribution in [3.05, 3.63) is 29.8 Å². The number of nitriles is 1. The molecule has 0 unspecified atom stereocenters. The van der Waals surface area contributed by atoms with E-state index < -0.39 is 5.57 Å². The van der Waals surface area contributed by atoms with Crippen molar-refractivity contribution in [1.82, 2.24) is 0 Å². The molecule has 0 radical (unpaired) electrons. The van der Waals surface area contributed by atoms with Gasteiger partial charge in [0.2, 0.25) is 0 Å². The quantitative estimate of drug-likeness (QED) is 0.693. The summed E-state index contributed by atoms with van der Waals surface area (Å²) in [6.45, 7) is 0. The van der Waals surface area contributed by atoms with E-state index in [1.165, 1.54) is 24.3 Å². The number of rotatable bonds is 2. The lowest BCUT2D eigenvalue weighted by molar-refractivity contribution is -0.0964. The molecule has 0 aliphatic rings. The molecule has 0 aromatic heterocycles. The summed E-state index contributed by atoms with van der Waals surface area (Å²) in [5, 5.41) is 8.43. The summed E-state index contributed by atoms with van der Waals surface area (Å²) in [7, 11) is 0. The van der Waals surface area contributed by atoms with Crippen molar-refractivity contribution in [3.8, 4) is 11.8 Å². The van der Waals surface area contributed by atoms with Crippen molar-refractivity contribution >= 4 is 11.6 Å². The number of alkyl halides is 3. The van der Waals surface area contributed by atoms with Crippen LogP contribution in [-0.4, -0.2) is 5.57 Å². The third kappa shape index (κ3) is 3.26. The van der Waals surface area contributed by atoms with Crippen LogP contribution in [0.2, 0.25) is 0 Å². The van der Waals surface area contributed by atoms with Crippen LogP contribution in [0.3, 0.4) is 0 Å². The van der Waals surface area contributed by atoms with Crippen LogP contribution in [0.5, 0.6) is 5.75 Å². The molecule has 0 aliphatic heterocycles. The standard InChI is InChI=1S/C8H4ClF2NO/c9-8(10,11)13-7-3-1-2-6(4-7)5-12/h1-4H. The largest absolute Gasteiger partial charge is 0.487 e. The fourth-order valence-corrected chi connectivity index (χ4v) is 0.852. The summed E-state index contributed by atoms with van der Waals surface area (Å²) >= 11 is 4.52. The zero-order valence-corrected chi connectivity index (χ0v) is 7.05. The Bertz CT molecular complexity index is 343. The van der Waals surface area contributed by atoms with Crippen LogP contribution in [-0.2, 0) is 0 Å². The first-order valence-corrected chi connectivity index (χ1v) is 3.65. The third-order valence-corrected chi connectivity index (χ3v) is 1.27. The lowest BCUT2D eigenvalue weighted by atomic mass is 10.2. The van der Waals surface area contributed by atoms with Gasteiger partial charge in [0.25, 0.3) is 0 Å². The molecule has 0 N–H and O–H groups in total. The summed E-state index contributed by atoms with van der Waals surface area (Å²) in [5.74, 6) is -0.140. The Morgan fingerprint density at radius 3 is 2.69 bits per heavy atom. The van der Waals surface area contributed by atoms with Crippen molar-refractivity contribution in [3.63, 3.8) is 0 Å². The summed E-state index contributed by atoms with van der Waals surface area (Å²) in [4.78, 5) is 0. The average Bonchev–Trinajstić information content (AvgIpc) is 2.01. The molecule has 0 aliphatic carbocycles. The molecule has 0 heterocycles. The zero-order chi connectivity index (χ0) is 9.90. The van der Waals surface area contributed by atoms with Crippen molar-refractivity contribution < 1.29 is 13.5 Å². The molecule has 0 fully saturated rings. The second-order valence-corrected chi connectivity index (χ2v) is 2.63. The molecule has 0 saturated carbocycles. The first-order valence-electron chi connectivity index (χ1n) is 3.27. The van der Waals surface area contributed by atoms with Crippen LogP contribution in [0.1, 0.15) is 5.56 Å². The van der Waals surface area contributed by atoms with E-state index in [0.29, 0.717) is 0 Å². The molecular weight excluding hydrogens is 200 g/mol. The molecule has 0 amide bonds. The maximum atomic E-state index is 12.1. The molecule has 5 heteroatoms. The van der Waals surface area contributed by atoms with Crippen LogP contribution in [0.15, 0.2) is 24.3 Å². The molecule has 0 atom stereocenters. The Morgan fingerprint density at radius 1 is 1.46 bits per heavy atom. The Morgan fingerprint density at radius 2 is 2.15 bits per heavy atom. The van der Waals surface area contributed by atoms with Gasteiger partial charge in [-0.05, 0) is 18.2 Å². The van der Waals surface area contributed by atoms with Gasteiger partial charge in [-0.1, -0.05) is 6.07 Å². The topological polar surface area (TPSA) is 33.0 Å². The normalized spacial score (nSPS) is 10.6. The van der Waals surface area contributed by atoms with Crippen molar-refractivity contribution in [2.45, 2.75) is 5.57 Å². The Balaban J connectivity index is 2.86. The van der Waals surface area contributed by atoms with Crippen molar-refractivity contribution in [2.24, 2.45) is 0 Å². The van der Waals surface area contributed by atoms with Gasteiger partial charge in [-0.15, -0.1) is 8.78 Å². The number of nitrogens with zero attached hydrogens (tertiary/aromatic N) is 1. The van der Waals surface area contributed by atoms with Crippen LogP contribution in [0.25, 0.3) is 0 Å². The SMILES string of the molecule is N#Cc1cccc(OC(F)(F)Cl)c1. The Hall–Kier alpha value is -1.34. The monoisotopic (exact) mass is 203 g/mol. The average molecular weight is 204 g/mol. The van der Waals surface area contributed by atoms with E-state index in [-0.39, 0.29) is 11.3 Å². The van der Waals surface area contributed by atoms with Gasteiger partial charge in [0.05, 0.1) is 11.6 Å². The van der Waals surface area contributed by atoms with Crippen LogP contribution < -0.4 is 4.74 Å². The summed E-state index contributed by atoms with van der Waals surface area (Å²) in [5.41, 5.74) is -3.51. The predicted molar refractivity (Wildman–Crippen MR) is 42.6 cm³/mol. The minimum absolute atomic E-state index is 0.140. The first-order chi connectivity index (χ1) is 6.01. The van der Waals surface area contributed by atoms with E-state index in [1.54, 1.807) is 6.07 Å². The van der Waals surface area contributed by atoms with Crippen LogP contribution >= 0.6 is 11.6 Å². The van der Waals surface area contributed by atoms with E-state index >= 15 is 0 Å². The van der Waals surface area contributed by atoms with Gasteiger partial charge in [0.15, 0.2) is 0 Å². The number of halogens is 3. The highest BCUT2D eigenvalue weighted by molar-refractivity contribution is 6.20. The van der Waals surface area contributed by atoms with Gasteiger partial charge in [-0.3, -0.25) is 0 Å². The number of hydrogen-bond acceptors (Lipinski definition) is 2. The molecule has 13 heavy (non-hydrogen) atoms. The van der Waals surface area contributed by atoms with Crippen LogP contribution in [0, 0.1) is 11.3 Å². The first kappa shape index (κ1) is 9.75. The second-order valence-electron chi connectivity index (χ2n) is 2.19. The van der Waals surface area contributed by atoms with Crippen molar-refractivity contribution in [2.75, 3.05) is 0 Å². The molecular formula is C8H4ClF2NO. The fourth-order valence-electron chi connectivity index (χ4n) is 0.763. The molecule has 1 rings (SSSR count). The summed E-state index contributed by atoms with van der Waals surface area (Å²) in [6, 6.07) is 7.15. The maximum Gasteiger partial charge on any atom is 0.487 e. The highest BCUT2D eigenvalue weighted by atomic mass is 35.5. The van der Waals surface area contributed by atoms with E-state index in [2.05, 4.69) is 16.3 Å². The van der Waals surface area contributed by atoms with Crippen LogP contribution in [0.4, 0.5) is 8.78 Å². The minimum atomic E-state index is -3.74. The molecule has 0 spiro atoms. The fraction of sp³-hybridized carbons (Fsp3) is 0.125. The van der Waals surface area contributed by atoms with Gasteiger partial charge >= 0.3 is 5.57 Å². The maximum absolute atomic E-state index is 12.1.